The summed E-state index contributed by atoms with van der Waals surface area (Å²) in [6.45, 7) is 4.10. The fraction of sp³-hybridized carbons (Fsp3) is 0.650. The van der Waals surface area contributed by atoms with Gasteiger partial charge in [-0.2, -0.15) is 0 Å². The van der Waals surface area contributed by atoms with Crippen molar-refractivity contribution in [2.24, 2.45) is 0 Å². The minimum absolute atomic E-state index is 0.141. The molecule has 0 spiro atoms. The van der Waals surface area contributed by atoms with Crippen molar-refractivity contribution in [2.45, 2.75) is 155 Å². The first kappa shape index (κ1) is 42.3. The molecule has 0 amide bonds. The topological polar surface area (TPSA) is 72.8 Å². The quantitative estimate of drug-likeness (QED) is 0.0471. The number of carbonyl (C=O) groups is 2. The zero-order chi connectivity index (χ0) is 32.9. The maximum absolute atomic E-state index is 11.9. The molecule has 0 aliphatic carbocycles. The van der Waals surface area contributed by atoms with Crippen LogP contribution in [0, 0.1) is 0 Å². The molecule has 0 aliphatic rings. The molecule has 0 aromatic carbocycles. The van der Waals surface area contributed by atoms with Crippen molar-refractivity contribution in [3.8, 4) is 0 Å². The van der Waals surface area contributed by atoms with E-state index in [2.05, 4.69) is 86.8 Å². The smallest absolute Gasteiger partial charge is 0.305 e. The van der Waals surface area contributed by atoms with Gasteiger partial charge < -0.3 is 14.6 Å². The summed E-state index contributed by atoms with van der Waals surface area (Å²) < 4.78 is 10.3. The van der Waals surface area contributed by atoms with E-state index in [9.17, 15) is 14.7 Å². The number of hydrogen-bond donors (Lipinski definition) is 1. The monoisotopic (exact) mass is 626 g/mol. The lowest BCUT2D eigenvalue weighted by atomic mass is 10.1. The van der Waals surface area contributed by atoms with Gasteiger partial charge in [0.2, 0.25) is 0 Å². The maximum atomic E-state index is 11.9. The molecule has 0 saturated heterocycles. The van der Waals surface area contributed by atoms with Crippen molar-refractivity contribution in [3.63, 3.8) is 0 Å². The predicted octanol–water partition coefficient (Wildman–Crippen LogP) is 11.0. The third-order valence-corrected chi connectivity index (χ3v) is 7.18. The third kappa shape index (κ3) is 35.7. The van der Waals surface area contributed by atoms with Crippen LogP contribution in [0.4, 0.5) is 0 Å². The summed E-state index contributed by atoms with van der Waals surface area (Å²) >= 11 is 0. The van der Waals surface area contributed by atoms with Gasteiger partial charge in [0.05, 0.1) is 0 Å². The molecule has 0 heterocycles. The van der Waals surface area contributed by atoms with E-state index < -0.39 is 6.10 Å². The van der Waals surface area contributed by atoms with Gasteiger partial charge in [0.15, 0.2) is 0 Å². The van der Waals surface area contributed by atoms with Gasteiger partial charge in [-0.05, 0) is 83.5 Å². The Bertz CT molecular complexity index is 849. The lowest BCUT2D eigenvalue weighted by Crippen LogP contribution is -2.25. The van der Waals surface area contributed by atoms with Crippen LogP contribution in [0.25, 0.3) is 0 Å². The van der Waals surface area contributed by atoms with Crippen LogP contribution in [0.2, 0.25) is 0 Å². The largest absolute Gasteiger partial charge is 0.463 e. The van der Waals surface area contributed by atoms with Crippen LogP contribution in [0.3, 0.4) is 0 Å². The zero-order valence-corrected chi connectivity index (χ0v) is 28.8. The normalized spacial score (nSPS) is 13.0. The Labute approximate surface area is 276 Å². The van der Waals surface area contributed by atoms with Crippen LogP contribution < -0.4 is 0 Å². The van der Waals surface area contributed by atoms with Crippen molar-refractivity contribution >= 4 is 11.9 Å². The molecule has 0 bridgehead atoms. The highest BCUT2D eigenvalue weighted by molar-refractivity contribution is 5.69. The maximum Gasteiger partial charge on any atom is 0.305 e. The predicted molar refractivity (Wildman–Crippen MR) is 191 cm³/mol. The minimum atomic E-state index is -0.989. The van der Waals surface area contributed by atoms with Gasteiger partial charge >= 0.3 is 11.9 Å². The van der Waals surface area contributed by atoms with Gasteiger partial charge in [-0.25, -0.2) is 0 Å². The number of aliphatic hydroxyl groups excluding tert-OH is 1. The Morgan fingerprint density at radius 2 is 0.844 bits per heavy atom. The number of rotatable bonds is 31. The summed E-state index contributed by atoms with van der Waals surface area (Å²) in [6.07, 6.45) is 46.6. The molecule has 0 aliphatic heterocycles. The SMILES string of the molecule is CC/C=C\C/C=C\C/C=C\C/C=C\CCCCC(=O)OC[C@H](O)COC(=O)CCCCCCC/C=C\C/C=C\CCCCCC. The van der Waals surface area contributed by atoms with Crippen LogP contribution >= 0.6 is 0 Å². The molecule has 0 aromatic heterocycles. The minimum Gasteiger partial charge on any atom is -0.463 e. The molecule has 0 unspecified atom stereocenters. The van der Waals surface area contributed by atoms with Crippen molar-refractivity contribution in [1.82, 2.24) is 0 Å². The van der Waals surface area contributed by atoms with Gasteiger partial charge in [-0.1, -0.05) is 125 Å². The van der Waals surface area contributed by atoms with E-state index in [1.165, 1.54) is 44.9 Å². The van der Waals surface area contributed by atoms with E-state index in [-0.39, 0.29) is 25.2 Å². The number of esters is 2. The van der Waals surface area contributed by atoms with Crippen molar-refractivity contribution in [2.75, 3.05) is 13.2 Å². The van der Waals surface area contributed by atoms with E-state index in [0.29, 0.717) is 12.8 Å². The number of ether oxygens (including phenoxy) is 2. The van der Waals surface area contributed by atoms with Crippen molar-refractivity contribution in [1.29, 1.82) is 0 Å². The second-order valence-corrected chi connectivity index (χ2v) is 11.6. The molecule has 1 N–H and O–H groups in total. The van der Waals surface area contributed by atoms with Gasteiger partial charge in [0, 0.05) is 12.8 Å². The fourth-order valence-electron chi connectivity index (χ4n) is 4.46. The van der Waals surface area contributed by atoms with Crippen LogP contribution in [0.15, 0.2) is 72.9 Å². The molecule has 45 heavy (non-hydrogen) atoms. The third-order valence-electron chi connectivity index (χ3n) is 7.18. The fourth-order valence-corrected chi connectivity index (χ4v) is 4.46. The Balaban J connectivity index is 3.57. The molecule has 1 atom stereocenters. The van der Waals surface area contributed by atoms with Crippen molar-refractivity contribution < 1.29 is 24.2 Å². The van der Waals surface area contributed by atoms with Crippen LogP contribution in [0.5, 0.6) is 0 Å². The first-order valence-corrected chi connectivity index (χ1v) is 18.0. The summed E-state index contributed by atoms with van der Waals surface area (Å²) in [5.41, 5.74) is 0. The summed E-state index contributed by atoms with van der Waals surface area (Å²) in [6, 6.07) is 0. The molecule has 256 valence electrons. The lowest BCUT2D eigenvalue weighted by Gasteiger charge is -2.12. The van der Waals surface area contributed by atoms with E-state index >= 15 is 0 Å². The van der Waals surface area contributed by atoms with Gasteiger partial charge in [0.1, 0.15) is 19.3 Å². The highest BCUT2D eigenvalue weighted by atomic mass is 16.6. The Hall–Kier alpha value is -2.66. The summed E-state index contributed by atoms with van der Waals surface area (Å²) in [5.74, 6) is -0.636. The van der Waals surface area contributed by atoms with E-state index in [1.807, 2.05) is 0 Å². The second-order valence-electron chi connectivity index (χ2n) is 11.6. The van der Waals surface area contributed by atoms with Gasteiger partial charge in [-0.3, -0.25) is 9.59 Å². The average Bonchev–Trinajstić information content (AvgIpc) is 3.04. The summed E-state index contributed by atoms with van der Waals surface area (Å²) in [5, 5.41) is 9.98. The number of unbranched alkanes of at least 4 members (excludes halogenated alkanes) is 11. The van der Waals surface area contributed by atoms with Gasteiger partial charge in [-0.15, -0.1) is 0 Å². The van der Waals surface area contributed by atoms with Crippen LogP contribution in [-0.4, -0.2) is 36.4 Å². The molecular weight excluding hydrogens is 560 g/mol. The Morgan fingerprint density at radius 1 is 0.489 bits per heavy atom. The molecular formula is C40H66O5. The number of aliphatic hydroxyl groups is 1. The van der Waals surface area contributed by atoms with E-state index in [4.69, 9.17) is 9.47 Å². The van der Waals surface area contributed by atoms with Crippen molar-refractivity contribution in [3.05, 3.63) is 72.9 Å². The Kier molecular flexibility index (Phi) is 33.7. The first-order valence-electron chi connectivity index (χ1n) is 18.0. The van der Waals surface area contributed by atoms with Crippen LogP contribution in [-0.2, 0) is 19.1 Å². The second kappa shape index (κ2) is 35.8. The highest BCUT2D eigenvalue weighted by Crippen LogP contribution is 2.09. The molecule has 5 nitrogen and oxygen atoms in total. The zero-order valence-electron chi connectivity index (χ0n) is 28.8. The summed E-state index contributed by atoms with van der Waals surface area (Å²) in [4.78, 5) is 23.8. The molecule has 0 fully saturated rings. The molecule has 0 rings (SSSR count). The van der Waals surface area contributed by atoms with E-state index in [1.54, 1.807) is 0 Å². The Morgan fingerprint density at radius 3 is 1.31 bits per heavy atom. The van der Waals surface area contributed by atoms with Crippen LogP contribution in [0.1, 0.15) is 149 Å². The average molecular weight is 627 g/mol. The van der Waals surface area contributed by atoms with E-state index in [0.717, 1.165) is 77.0 Å². The number of allylic oxidation sites excluding steroid dienone is 12. The molecule has 0 saturated carbocycles. The lowest BCUT2D eigenvalue weighted by molar-refractivity contribution is -0.152. The van der Waals surface area contributed by atoms with Gasteiger partial charge in [0.25, 0.3) is 0 Å². The number of carbonyl (C=O) groups excluding carboxylic acids is 2. The molecule has 0 aromatic rings. The summed E-state index contributed by atoms with van der Waals surface area (Å²) in [7, 11) is 0. The molecule has 5 heteroatoms. The molecule has 0 radical (unpaired) electrons. The first-order chi connectivity index (χ1) is 22.1. The highest BCUT2D eigenvalue weighted by Gasteiger charge is 2.12. The number of hydrogen-bond acceptors (Lipinski definition) is 5. The standard InChI is InChI=1S/C40H66O5/c1-3-5-7-9-11-13-15-17-19-21-23-25-27-29-31-33-35-40(43)45-37-38(41)36-44-39(42)34-32-30-28-26-24-22-20-18-16-14-12-10-8-6-4-2/h6,8,12-15,18-21,24,26,38,41H,3-5,7,9-11,16-17,22-23,25,27-37H2,1-2H3/b8-6-,14-12-,15-13-,20-18-,21-19-,26-24-/t38-/m0/s1.